The quantitative estimate of drug-likeness (QED) is 0.580. The molecule has 0 amide bonds. The molecule has 10 heavy (non-hydrogen) atoms. The van der Waals surface area contributed by atoms with Crippen molar-refractivity contribution in [2.45, 2.75) is 32.0 Å². The molecule has 0 aromatic rings. The Bertz CT molecular complexity index is 93.4. The number of hydrogen-bond donors (Lipinski definition) is 0. The summed E-state index contributed by atoms with van der Waals surface area (Å²) in [5, 5.41) is 0. The van der Waals surface area contributed by atoms with Gasteiger partial charge in [0.15, 0.2) is 0 Å². The summed E-state index contributed by atoms with van der Waals surface area (Å²) in [6.45, 7) is 1.71. The second kappa shape index (κ2) is 4.22. The van der Waals surface area contributed by atoms with Gasteiger partial charge in [-0.15, -0.1) is 0 Å². The van der Waals surface area contributed by atoms with Crippen LogP contribution in [0.15, 0.2) is 0 Å². The molecule has 60 valence electrons. The number of alkyl halides is 3. The second-order valence-electron chi connectivity index (χ2n) is 2.05. The lowest BCUT2D eigenvalue weighted by molar-refractivity contribution is -0.196. The maximum atomic E-state index is 11.8. The van der Waals surface area contributed by atoms with Gasteiger partial charge < -0.3 is 3.79 Å². The molecule has 0 N–H and O–H groups in total. The van der Waals surface area contributed by atoms with Gasteiger partial charge in [0.05, 0.1) is 0 Å². The van der Waals surface area contributed by atoms with E-state index in [0.29, 0.717) is 6.42 Å². The van der Waals surface area contributed by atoms with E-state index in [-0.39, 0.29) is 23.0 Å². The van der Waals surface area contributed by atoms with Crippen LogP contribution in [0.4, 0.5) is 13.2 Å². The summed E-state index contributed by atoms with van der Waals surface area (Å²) in [6.07, 6.45) is -5.11. The molecule has 0 radical (unpaired) electrons. The van der Waals surface area contributed by atoms with Crippen molar-refractivity contribution >= 4 is 16.6 Å². The third kappa shape index (κ3) is 3.45. The molecule has 0 saturated carbocycles. The Balaban J connectivity index is 3.81. The fourth-order valence-electron chi connectivity index (χ4n) is 0.677. The van der Waals surface area contributed by atoms with E-state index >= 15 is 0 Å². The van der Waals surface area contributed by atoms with E-state index in [2.05, 4.69) is 3.79 Å². The first kappa shape index (κ1) is 10.3. The minimum absolute atomic E-state index is 0.0764. The van der Waals surface area contributed by atoms with Crippen molar-refractivity contribution < 1.29 is 17.0 Å². The molecular weight excluding hydrogens is 160 g/mol. The third-order valence-electron chi connectivity index (χ3n) is 1.20. The van der Waals surface area contributed by atoms with E-state index in [1.807, 2.05) is 0 Å². The predicted molar refractivity (Wildman–Crippen MR) is 34.4 cm³/mol. The summed E-state index contributed by atoms with van der Waals surface area (Å²) in [5.41, 5.74) is 0. The molecule has 1 atom stereocenters. The minimum Gasteiger partial charge on any atom is -0.497 e. The molecule has 0 bridgehead atoms. The largest absolute Gasteiger partial charge is 0.497 e. The second-order valence-corrected chi connectivity index (χ2v) is 2.53. The topological polar surface area (TPSA) is 9.23 Å². The lowest BCUT2D eigenvalue weighted by atomic mass is 10.2. The first-order valence-electron chi connectivity index (χ1n) is 3.11. The Labute approximate surface area is 66.3 Å². The van der Waals surface area contributed by atoms with Crippen molar-refractivity contribution in [3.05, 3.63) is 0 Å². The smallest absolute Gasteiger partial charge is 0.411 e. The van der Waals surface area contributed by atoms with Crippen LogP contribution in [0.2, 0.25) is 0 Å². The van der Waals surface area contributed by atoms with Crippen LogP contribution in [-0.4, -0.2) is 28.9 Å². The van der Waals surface area contributed by atoms with Gasteiger partial charge in [-0.3, -0.25) is 0 Å². The highest BCUT2D eigenvalue weighted by Crippen LogP contribution is 2.25. The minimum atomic E-state index is -4.17. The van der Waals surface area contributed by atoms with E-state index < -0.39 is 12.3 Å². The van der Waals surface area contributed by atoms with Crippen molar-refractivity contribution in [2.75, 3.05) is 0 Å². The van der Waals surface area contributed by atoms with Crippen molar-refractivity contribution in [1.82, 2.24) is 0 Å². The molecule has 0 unspecified atom stereocenters. The van der Waals surface area contributed by atoms with Crippen molar-refractivity contribution in [2.24, 2.45) is 0 Å². The van der Waals surface area contributed by atoms with Crippen LogP contribution in [0.25, 0.3) is 0 Å². The van der Waals surface area contributed by atoms with Crippen molar-refractivity contribution in [1.29, 1.82) is 0 Å². The summed E-state index contributed by atoms with van der Waals surface area (Å²) >= 11 is 0.147. The van der Waals surface area contributed by atoms with Gasteiger partial charge >= 0.3 is 22.8 Å². The molecule has 0 aromatic carbocycles. The fraction of sp³-hybridized carbons (Fsp3) is 1.00. The highest BCUT2D eigenvalue weighted by molar-refractivity contribution is 5.98. The van der Waals surface area contributed by atoms with Gasteiger partial charge in [-0.25, -0.2) is 0 Å². The number of rotatable bonds is 3. The summed E-state index contributed by atoms with van der Waals surface area (Å²) in [7, 11) is 0. The van der Waals surface area contributed by atoms with Crippen LogP contribution in [-0.2, 0) is 3.79 Å². The standard InChI is InChI=1S/C5H8F3O.Al.2H/c1-2-3-4(9)5(6,7)8;;;/h4H,2-3H2,1H3;;;/q-1;+1;;/t4-;;;/m0.../s1. The fourth-order valence-corrected chi connectivity index (χ4v) is 1.18. The van der Waals surface area contributed by atoms with Gasteiger partial charge in [0.25, 0.3) is 0 Å². The molecule has 5 heteroatoms. The summed E-state index contributed by atoms with van der Waals surface area (Å²) in [6, 6.07) is 0. The van der Waals surface area contributed by atoms with Gasteiger partial charge in [0.1, 0.15) is 6.10 Å². The van der Waals surface area contributed by atoms with Crippen molar-refractivity contribution in [3.63, 3.8) is 0 Å². The monoisotopic (exact) mass is 170 g/mol. The Morgan fingerprint density at radius 1 is 1.50 bits per heavy atom. The first-order valence-corrected chi connectivity index (χ1v) is 3.93. The first-order chi connectivity index (χ1) is 4.52. The average molecular weight is 170 g/mol. The molecule has 0 aromatic heterocycles. The van der Waals surface area contributed by atoms with E-state index in [4.69, 9.17) is 0 Å². The lowest BCUT2D eigenvalue weighted by Gasteiger charge is -2.18. The van der Waals surface area contributed by atoms with Crippen LogP contribution in [0.1, 0.15) is 19.8 Å². The van der Waals surface area contributed by atoms with E-state index in [9.17, 15) is 13.2 Å². The van der Waals surface area contributed by atoms with Gasteiger partial charge in [-0.1, -0.05) is 13.3 Å². The maximum absolute atomic E-state index is 11.8. The average Bonchev–Trinajstić information content (AvgIpc) is 1.80. The normalized spacial score (nSPS) is 15.2. The zero-order chi connectivity index (χ0) is 8.20. The Morgan fingerprint density at radius 2 is 2.00 bits per heavy atom. The van der Waals surface area contributed by atoms with Crippen LogP contribution in [0.3, 0.4) is 0 Å². The Kier molecular flexibility index (Phi) is 4.34. The van der Waals surface area contributed by atoms with Gasteiger partial charge in [0, 0.05) is 0 Å². The van der Waals surface area contributed by atoms with Crippen LogP contribution < -0.4 is 0 Å². The van der Waals surface area contributed by atoms with E-state index in [0.717, 1.165) is 0 Å². The van der Waals surface area contributed by atoms with E-state index in [1.54, 1.807) is 6.92 Å². The van der Waals surface area contributed by atoms with Gasteiger partial charge in [0.2, 0.25) is 0 Å². The molecule has 1 nitrogen and oxygen atoms in total. The number of hydrogen-bond acceptors (Lipinski definition) is 1. The highest BCUT2D eigenvalue weighted by Gasteiger charge is 2.37. The van der Waals surface area contributed by atoms with Crippen LogP contribution in [0.5, 0.6) is 0 Å². The number of halogens is 3. The third-order valence-corrected chi connectivity index (χ3v) is 1.77. The molecule has 0 aliphatic rings. The summed E-state index contributed by atoms with van der Waals surface area (Å²) < 4.78 is 39.8. The Morgan fingerprint density at radius 3 is 2.10 bits per heavy atom. The zero-order valence-corrected chi connectivity index (χ0v) is 8.03. The zero-order valence-electron chi connectivity index (χ0n) is 6.03. The Hall–Kier alpha value is 0.282. The molecule has 0 spiro atoms. The molecule has 0 fully saturated rings. The molecule has 0 rings (SSSR count). The summed E-state index contributed by atoms with van der Waals surface area (Å²) in [4.78, 5) is 0. The lowest BCUT2D eigenvalue weighted by Crippen LogP contribution is -2.30. The molecule has 0 saturated heterocycles. The molecule has 0 aliphatic carbocycles. The maximum Gasteiger partial charge on any atom is 0.411 e. The molecular formula is C5H10AlF3O. The molecule has 0 heterocycles. The van der Waals surface area contributed by atoms with Gasteiger partial charge in [-0.05, 0) is 6.42 Å². The van der Waals surface area contributed by atoms with Gasteiger partial charge in [-0.2, -0.15) is 13.2 Å². The highest BCUT2D eigenvalue weighted by atomic mass is 27.1. The summed E-state index contributed by atoms with van der Waals surface area (Å²) in [5.74, 6) is 0. The predicted octanol–water partition coefficient (Wildman–Crippen LogP) is 1.28. The van der Waals surface area contributed by atoms with Crippen molar-refractivity contribution in [3.8, 4) is 0 Å². The van der Waals surface area contributed by atoms with Crippen LogP contribution >= 0.6 is 0 Å². The van der Waals surface area contributed by atoms with Crippen LogP contribution in [0, 0.1) is 0 Å². The van der Waals surface area contributed by atoms with E-state index in [1.165, 1.54) is 0 Å². The molecule has 0 aliphatic heterocycles. The SMILES string of the molecule is CCC[C@H]([O][AlH2])C(F)(F)F.